The highest BCUT2D eigenvalue weighted by Gasteiger charge is 2.31. The molecule has 3 nitrogen and oxygen atoms in total. The van der Waals surface area contributed by atoms with Gasteiger partial charge in [0.2, 0.25) is 5.88 Å². The lowest BCUT2D eigenvalue weighted by Gasteiger charge is -2.10. The van der Waals surface area contributed by atoms with Crippen LogP contribution < -0.4 is 4.74 Å². The fraction of sp³-hybridized carbons (Fsp3) is 0.167. The lowest BCUT2D eigenvalue weighted by Crippen LogP contribution is -2.07. The summed E-state index contributed by atoms with van der Waals surface area (Å²) in [4.78, 5) is 7.63. The van der Waals surface area contributed by atoms with Crippen LogP contribution in [0.1, 0.15) is 11.1 Å². The molecule has 0 aliphatic carbocycles. The van der Waals surface area contributed by atoms with Gasteiger partial charge in [-0.25, -0.2) is 9.37 Å². The first kappa shape index (κ1) is 14.7. The minimum Gasteiger partial charge on any atom is -0.473 e. The van der Waals surface area contributed by atoms with E-state index in [9.17, 15) is 17.6 Å². The molecule has 0 N–H and O–H groups in total. The Labute approximate surface area is 119 Å². The molecule has 0 aliphatic rings. The Morgan fingerprint density at radius 1 is 1.20 bits per heavy atom. The number of alkyl halides is 3. The van der Waals surface area contributed by atoms with Gasteiger partial charge in [0, 0.05) is 17.8 Å². The van der Waals surface area contributed by atoms with Crippen LogP contribution in [0.2, 0.25) is 0 Å². The predicted octanol–water partition coefficient (Wildman–Crippen LogP) is 3.98. The second kappa shape index (κ2) is 5.74. The van der Waals surface area contributed by atoms with E-state index < -0.39 is 17.6 Å². The Balaban J connectivity index is 2.11. The van der Waals surface area contributed by atoms with Crippen molar-refractivity contribution in [3.63, 3.8) is 0 Å². The zero-order chi connectivity index (χ0) is 14.8. The van der Waals surface area contributed by atoms with Gasteiger partial charge in [-0.05, 0) is 28.1 Å². The molecule has 0 aliphatic heterocycles. The average Bonchev–Trinajstić information content (AvgIpc) is 2.36. The Bertz CT molecular complexity index is 619. The second-order valence-electron chi connectivity index (χ2n) is 3.76. The van der Waals surface area contributed by atoms with Gasteiger partial charge in [-0.3, -0.25) is 0 Å². The Morgan fingerprint density at radius 3 is 2.55 bits per heavy atom. The van der Waals surface area contributed by atoms with Gasteiger partial charge in [0.05, 0.1) is 5.56 Å². The second-order valence-corrected chi connectivity index (χ2v) is 4.47. The van der Waals surface area contributed by atoms with Crippen molar-refractivity contribution >= 4 is 15.9 Å². The zero-order valence-electron chi connectivity index (χ0n) is 9.79. The van der Waals surface area contributed by atoms with Gasteiger partial charge in [0.15, 0.2) is 4.73 Å². The van der Waals surface area contributed by atoms with Gasteiger partial charge < -0.3 is 4.74 Å². The molecule has 8 heteroatoms. The van der Waals surface area contributed by atoms with Gasteiger partial charge in [-0.2, -0.15) is 18.2 Å². The largest absolute Gasteiger partial charge is 0.473 e. The number of hydrogen-bond donors (Lipinski definition) is 0. The van der Waals surface area contributed by atoms with E-state index in [1.54, 1.807) is 0 Å². The third kappa shape index (κ3) is 3.66. The van der Waals surface area contributed by atoms with Crippen LogP contribution in [-0.2, 0) is 12.8 Å². The number of hydrogen-bond acceptors (Lipinski definition) is 3. The van der Waals surface area contributed by atoms with Crippen LogP contribution >= 0.6 is 15.9 Å². The maximum Gasteiger partial charge on any atom is 0.416 e. The van der Waals surface area contributed by atoms with Crippen molar-refractivity contribution in [2.24, 2.45) is 0 Å². The monoisotopic (exact) mass is 350 g/mol. The first-order valence-electron chi connectivity index (χ1n) is 5.33. The highest BCUT2D eigenvalue weighted by atomic mass is 79.9. The molecule has 0 radical (unpaired) electrons. The molecule has 106 valence electrons. The molecule has 20 heavy (non-hydrogen) atoms. The van der Waals surface area contributed by atoms with Gasteiger partial charge in [0.25, 0.3) is 0 Å². The Hall–Kier alpha value is -1.70. The van der Waals surface area contributed by atoms with E-state index in [0.29, 0.717) is 10.8 Å². The highest BCUT2D eigenvalue weighted by molar-refractivity contribution is 9.10. The Kier molecular flexibility index (Phi) is 4.22. The van der Waals surface area contributed by atoms with E-state index >= 15 is 0 Å². The summed E-state index contributed by atoms with van der Waals surface area (Å²) in [5.41, 5.74) is -1.03. The maximum atomic E-state index is 13.5. The van der Waals surface area contributed by atoms with Crippen molar-refractivity contribution in [2.75, 3.05) is 0 Å². The van der Waals surface area contributed by atoms with Gasteiger partial charge >= 0.3 is 6.18 Å². The van der Waals surface area contributed by atoms with Gasteiger partial charge in [-0.1, -0.05) is 6.07 Å². The molecule has 0 saturated heterocycles. The third-order valence-electron chi connectivity index (χ3n) is 2.36. The fourth-order valence-corrected chi connectivity index (χ4v) is 1.69. The molecule has 0 spiro atoms. The molecule has 1 aromatic heterocycles. The van der Waals surface area contributed by atoms with Gasteiger partial charge in [-0.15, -0.1) is 0 Å². The SMILES string of the molecule is Fc1cc(C(F)(F)F)ccc1COc1ccnc(Br)n1. The fourth-order valence-electron chi connectivity index (χ4n) is 1.39. The summed E-state index contributed by atoms with van der Waals surface area (Å²) in [6.45, 7) is -0.229. The number of nitrogens with zero attached hydrogens (tertiary/aromatic N) is 2. The van der Waals surface area contributed by atoms with Gasteiger partial charge in [0.1, 0.15) is 12.4 Å². The van der Waals surface area contributed by atoms with Crippen LogP contribution in [0.5, 0.6) is 5.88 Å². The number of halogens is 5. The van der Waals surface area contributed by atoms with Crippen molar-refractivity contribution in [1.82, 2.24) is 9.97 Å². The van der Waals surface area contributed by atoms with Crippen molar-refractivity contribution in [3.05, 3.63) is 52.1 Å². The lowest BCUT2D eigenvalue weighted by molar-refractivity contribution is -0.137. The van der Waals surface area contributed by atoms with E-state index in [2.05, 4.69) is 25.9 Å². The molecule has 0 bridgehead atoms. The summed E-state index contributed by atoms with van der Waals surface area (Å²) >= 11 is 3.03. The minimum atomic E-state index is -4.57. The normalized spacial score (nSPS) is 11.4. The van der Waals surface area contributed by atoms with Crippen molar-refractivity contribution < 1.29 is 22.3 Å². The number of aromatic nitrogens is 2. The summed E-state index contributed by atoms with van der Waals surface area (Å²) in [5.74, 6) is -0.792. The first-order valence-corrected chi connectivity index (χ1v) is 6.12. The van der Waals surface area contributed by atoms with Crippen molar-refractivity contribution in [1.29, 1.82) is 0 Å². The first-order chi connectivity index (χ1) is 9.36. The molecule has 0 atom stereocenters. The Morgan fingerprint density at radius 2 is 1.95 bits per heavy atom. The number of ether oxygens (including phenoxy) is 1. The van der Waals surface area contributed by atoms with E-state index in [1.165, 1.54) is 12.3 Å². The summed E-state index contributed by atoms with van der Waals surface area (Å²) < 4.78 is 56.1. The molecule has 2 aromatic rings. The molecule has 0 fully saturated rings. The van der Waals surface area contributed by atoms with Crippen molar-refractivity contribution in [3.8, 4) is 5.88 Å². The third-order valence-corrected chi connectivity index (χ3v) is 2.74. The summed E-state index contributed by atoms with van der Waals surface area (Å²) in [5, 5.41) is 0. The van der Waals surface area contributed by atoms with Crippen LogP contribution in [0, 0.1) is 5.82 Å². The van der Waals surface area contributed by atoms with Crippen LogP contribution in [-0.4, -0.2) is 9.97 Å². The summed E-state index contributed by atoms with van der Waals surface area (Å²) in [6, 6.07) is 3.73. The van der Waals surface area contributed by atoms with Crippen molar-refractivity contribution in [2.45, 2.75) is 12.8 Å². The summed E-state index contributed by atoms with van der Waals surface area (Å²) in [6.07, 6.45) is -3.15. The predicted molar refractivity (Wildman–Crippen MR) is 65.5 cm³/mol. The average molecular weight is 351 g/mol. The topological polar surface area (TPSA) is 35.0 Å². The maximum absolute atomic E-state index is 13.5. The van der Waals surface area contributed by atoms with E-state index in [0.717, 1.165) is 12.1 Å². The quantitative estimate of drug-likeness (QED) is 0.620. The zero-order valence-corrected chi connectivity index (χ0v) is 11.4. The lowest BCUT2D eigenvalue weighted by atomic mass is 10.1. The van der Waals surface area contributed by atoms with E-state index in [-0.39, 0.29) is 18.1 Å². The summed E-state index contributed by atoms with van der Waals surface area (Å²) in [7, 11) is 0. The van der Waals surface area contributed by atoms with Crippen LogP contribution in [0.15, 0.2) is 35.2 Å². The molecule has 0 unspecified atom stereocenters. The molecular formula is C12H7BrF4N2O. The standard InChI is InChI=1S/C12H7BrF4N2O/c13-11-18-4-3-10(19-11)20-6-7-1-2-8(5-9(7)14)12(15,16)17/h1-5H,6H2. The van der Waals surface area contributed by atoms with Crippen LogP contribution in [0.4, 0.5) is 17.6 Å². The van der Waals surface area contributed by atoms with Crippen LogP contribution in [0.3, 0.4) is 0 Å². The smallest absolute Gasteiger partial charge is 0.416 e. The molecule has 0 saturated carbocycles. The number of benzene rings is 1. The van der Waals surface area contributed by atoms with E-state index in [4.69, 9.17) is 4.74 Å². The molecule has 1 heterocycles. The molecule has 2 rings (SSSR count). The number of rotatable bonds is 3. The molecule has 0 amide bonds. The van der Waals surface area contributed by atoms with Crippen LogP contribution in [0.25, 0.3) is 0 Å². The molecule has 1 aromatic carbocycles. The molecular weight excluding hydrogens is 344 g/mol. The minimum absolute atomic E-state index is 0.00716. The van der Waals surface area contributed by atoms with E-state index in [1.807, 2.05) is 0 Å². The highest BCUT2D eigenvalue weighted by Crippen LogP contribution is 2.30.